The van der Waals surface area contributed by atoms with Gasteiger partial charge in [0.2, 0.25) is 0 Å². The van der Waals surface area contributed by atoms with Crippen LogP contribution in [-0.4, -0.2) is 47.9 Å². The molecule has 3 heterocycles. The van der Waals surface area contributed by atoms with Crippen LogP contribution in [0.3, 0.4) is 0 Å². The Morgan fingerprint density at radius 3 is 2.76 bits per heavy atom. The average Bonchev–Trinajstić information content (AvgIpc) is 2.79. The topological polar surface area (TPSA) is 68.7 Å². The van der Waals surface area contributed by atoms with E-state index in [4.69, 9.17) is 21.1 Å². The Morgan fingerprint density at radius 2 is 2.00 bits per heavy atom. The standard InChI is InChI=1S/C25H19ClF2N2O4/c26-20-9-29-4-3-18(20)15-1-2-23(22(28)7-15)33-12-14-10-30(11-14)25(32)19-6-16-5-17(31)13-34-24(16)8-21(19)27/h1-4,6-9,14H,5,10-13H2. The number of amides is 1. The maximum Gasteiger partial charge on any atom is 0.256 e. The highest BCUT2D eigenvalue weighted by atomic mass is 35.5. The molecule has 174 valence electrons. The number of likely N-dealkylation sites (tertiary alicyclic amines) is 1. The van der Waals surface area contributed by atoms with Gasteiger partial charge in [-0.25, -0.2) is 8.78 Å². The Kier molecular flexibility index (Phi) is 5.91. The van der Waals surface area contributed by atoms with Crippen molar-refractivity contribution in [2.45, 2.75) is 6.42 Å². The first kappa shape index (κ1) is 22.3. The lowest BCUT2D eigenvalue weighted by molar-refractivity contribution is -0.121. The van der Waals surface area contributed by atoms with Gasteiger partial charge in [0.05, 0.1) is 17.2 Å². The summed E-state index contributed by atoms with van der Waals surface area (Å²) >= 11 is 6.12. The molecule has 9 heteroatoms. The van der Waals surface area contributed by atoms with Gasteiger partial charge in [-0.3, -0.25) is 14.6 Å². The van der Waals surface area contributed by atoms with E-state index in [-0.39, 0.29) is 42.6 Å². The van der Waals surface area contributed by atoms with E-state index in [0.29, 0.717) is 40.6 Å². The Labute approximate surface area is 199 Å². The summed E-state index contributed by atoms with van der Waals surface area (Å²) < 4.78 is 39.8. The minimum absolute atomic E-state index is 0.0109. The Hall–Kier alpha value is -3.52. The van der Waals surface area contributed by atoms with Crippen LogP contribution in [0.15, 0.2) is 48.8 Å². The van der Waals surface area contributed by atoms with E-state index in [1.165, 1.54) is 29.3 Å². The van der Waals surface area contributed by atoms with Gasteiger partial charge in [0.15, 0.2) is 17.3 Å². The first-order valence-corrected chi connectivity index (χ1v) is 11.1. The SMILES string of the molecule is O=C1COc2cc(F)c(C(=O)N3CC(COc4ccc(-c5ccncc5Cl)cc4F)C3)cc2C1. The number of hydrogen-bond acceptors (Lipinski definition) is 5. The first-order chi connectivity index (χ1) is 16.4. The molecule has 0 saturated carbocycles. The summed E-state index contributed by atoms with van der Waals surface area (Å²) in [5.74, 6) is -1.41. The van der Waals surface area contributed by atoms with Crippen molar-refractivity contribution < 1.29 is 27.8 Å². The number of carbonyl (C=O) groups is 2. The van der Waals surface area contributed by atoms with E-state index in [1.807, 2.05) is 0 Å². The molecule has 0 atom stereocenters. The molecule has 34 heavy (non-hydrogen) atoms. The van der Waals surface area contributed by atoms with Gasteiger partial charge < -0.3 is 14.4 Å². The van der Waals surface area contributed by atoms with Crippen molar-refractivity contribution in [3.8, 4) is 22.6 Å². The molecular weight excluding hydrogens is 466 g/mol. The molecule has 0 radical (unpaired) electrons. The highest BCUT2D eigenvalue weighted by molar-refractivity contribution is 6.33. The number of ether oxygens (including phenoxy) is 2. The predicted molar refractivity (Wildman–Crippen MR) is 120 cm³/mol. The quantitative estimate of drug-likeness (QED) is 0.539. The fourth-order valence-electron chi connectivity index (χ4n) is 4.07. The van der Waals surface area contributed by atoms with Crippen LogP contribution in [0.2, 0.25) is 5.02 Å². The highest BCUT2D eigenvalue weighted by Gasteiger charge is 2.34. The van der Waals surface area contributed by atoms with Crippen LogP contribution < -0.4 is 9.47 Å². The van der Waals surface area contributed by atoms with Gasteiger partial charge >= 0.3 is 0 Å². The maximum atomic E-state index is 14.6. The Morgan fingerprint density at radius 1 is 1.18 bits per heavy atom. The third kappa shape index (κ3) is 4.33. The number of nitrogens with zero attached hydrogens (tertiary/aromatic N) is 2. The van der Waals surface area contributed by atoms with Crippen molar-refractivity contribution in [3.63, 3.8) is 0 Å². The monoisotopic (exact) mass is 484 g/mol. The molecule has 1 amide bonds. The normalized spacial score (nSPS) is 15.4. The van der Waals surface area contributed by atoms with Gasteiger partial charge in [0, 0.05) is 55.0 Å². The van der Waals surface area contributed by atoms with E-state index < -0.39 is 17.5 Å². The lowest BCUT2D eigenvalue weighted by atomic mass is 9.97. The van der Waals surface area contributed by atoms with Gasteiger partial charge in [-0.1, -0.05) is 17.7 Å². The largest absolute Gasteiger partial charge is 0.490 e. The molecule has 5 rings (SSSR count). The zero-order valence-corrected chi connectivity index (χ0v) is 18.6. The summed E-state index contributed by atoms with van der Waals surface area (Å²) in [5, 5.41) is 0.421. The summed E-state index contributed by atoms with van der Waals surface area (Å²) in [4.78, 5) is 29.7. The second kappa shape index (κ2) is 9.02. The van der Waals surface area contributed by atoms with Crippen LogP contribution in [0.4, 0.5) is 8.78 Å². The summed E-state index contributed by atoms with van der Waals surface area (Å²) in [5.41, 5.74) is 1.69. The van der Waals surface area contributed by atoms with Crippen LogP contribution in [-0.2, 0) is 11.2 Å². The van der Waals surface area contributed by atoms with Crippen LogP contribution in [0.1, 0.15) is 15.9 Å². The van der Waals surface area contributed by atoms with Gasteiger partial charge in [-0.2, -0.15) is 0 Å². The van der Waals surface area contributed by atoms with Gasteiger partial charge in [0.1, 0.15) is 18.2 Å². The van der Waals surface area contributed by atoms with E-state index in [0.717, 1.165) is 6.07 Å². The number of aromatic nitrogens is 1. The average molecular weight is 485 g/mol. The Bertz CT molecular complexity index is 1290. The first-order valence-electron chi connectivity index (χ1n) is 10.7. The summed E-state index contributed by atoms with van der Waals surface area (Å²) in [7, 11) is 0. The third-order valence-corrected chi connectivity index (χ3v) is 6.19. The lowest BCUT2D eigenvalue weighted by Crippen LogP contribution is -2.52. The van der Waals surface area contributed by atoms with Crippen molar-refractivity contribution in [2.24, 2.45) is 5.92 Å². The summed E-state index contributed by atoms with van der Waals surface area (Å²) in [6, 6.07) is 8.84. The van der Waals surface area contributed by atoms with E-state index >= 15 is 0 Å². The molecule has 6 nitrogen and oxygen atoms in total. The number of halogens is 3. The van der Waals surface area contributed by atoms with Gasteiger partial charge in [-0.05, 0) is 29.8 Å². The second-order valence-corrected chi connectivity index (χ2v) is 8.74. The number of benzene rings is 2. The molecule has 2 aromatic carbocycles. The van der Waals surface area contributed by atoms with Crippen molar-refractivity contribution >= 4 is 23.3 Å². The molecule has 0 aliphatic carbocycles. The number of pyridine rings is 1. The van der Waals surface area contributed by atoms with Crippen molar-refractivity contribution in [1.82, 2.24) is 9.88 Å². The molecular formula is C25H19ClF2N2O4. The zero-order valence-electron chi connectivity index (χ0n) is 17.9. The fourth-order valence-corrected chi connectivity index (χ4v) is 4.30. The molecule has 0 N–H and O–H groups in total. The number of rotatable bonds is 5. The number of carbonyl (C=O) groups excluding carboxylic acids is 2. The summed E-state index contributed by atoms with van der Waals surface area (Å²) in [6.45, 7) is 0.841. The predicted octanol–water partition coefficient (Wildman–Crippen LogP) is 4.34. The molecule has 0 unspecified atom stereocenters. The van der Waals surface area contributed by atoms with Crippen LogP contribution >= 0.6 is 11.6 Å². The van der Waals surface area contributed by atoms with Gasteiger partial charge in [-0.15, -0.1) is 0 Å². The number of Topliss-reactive ketones (excluding diaryl/α,β-unsaturated/α-hetero) is 1. The molecule has 1 aromatic heterocycles. The molecule has 0 bridgehead atoms. The minimum Gasteiger partial charge on any atom is -0.490 e. The Balaban J connectivity index is 1.18. The number of ketones is 1. The van der Waals surface area contributed by atoms with E-state index in [9.17, 15) is 18.4 Å². The van der Waals surface area contributed by atoms with E-state index in [1.54, 1.807) is 18.3 Å². The molecule has 3 aromatic rings. The maximum absolute atomic E-state index is 14.6. The number of fused-ring (bicyclic) bond motifs is 1. The zero-order chi connectivity index (χ0) is 23.8. The van der Waals surface area contributed by atoms with Crippen LogP contribution in [0.5, 0.6) is 11.5 Å². The van der Waals surface area contributed by atoms with Crippen LogP contribution in [0.25, 0.3) is 11.1 Å². The highest BCUT2D eigenvalue weighted by Crippen LogP contribution is 2.32. The number of hydrogen-bond donors (Lipinski definition) is 0. The molecule has 2 aliphatic rings. The third-order valence-electron chi connectivity index (χ3n) is 5.89. The molecule has 2 aliphatic heterocycles. The molecule has 1 saturated heterocycles. The van der Waals surface area contributed by atoms with Crippen LogP contribution in [0, 0.1) is 17.6 Å². The molecule has 0 spiro atoms. The second-order valence-electron chi connectivity index (χ2n) is 8.33. The molecule has 1 fully saturated rings. The van der Waals surface area contributed by atoms with Gasteiger partial charge in [0.25, 0.3) is 5.91 Å². The van der Waals surface area contributed by atoms with Crippen molar-refractivity contribution in [2.75, 3.05) is 26.3 Å². The van der Waals surface area contributed by atoms with Crippen molar-refractivity contribution in [1.29, 1.82) is 0 Å². The minimum atomic E-state index is -0.686. The van der Waals surface area contributed by atoms with Crippen molar-refractivity contribution in [3.05, 3.63) is 76.6 Å². The summed E-state index contributed by atoms with van der Waals surface area (Å²) in [6.07, 6.45) is 3.19. The fraction of sp³-hybridized carbons (Fsp3) is 0.240. The smallest absolute Gasteiger partial charge is 0.256 e. The van der Waals surface area contributed by atoms with E-state index in [2.05, 4.69) is 4.98 Å². The lowest BCUT2D eigenvalue weighted by Gasteiger charge is -2.39.